The van der Waals surface area contributed by atoms with Crippen molar-refractivity contribution >= 4 is 5.78 Å². The van der Waals surface area contributed by atoms with Crippen LogP contribution in [0.2, 0.25) is 0 Å². The zero-order chi connectivity index (χ0) is 35.2. The van der Waals surface area contributed by atoms with Gasteiger partial charge < -0.3 is 53.5 Å². The lowest BCUT2D eigenvalue weighted by Gasteiger charge is -2.47. The minimum absolute atomic E-state index is 0.0215. The Kier molecular flexibility index (Phi) is 9.57. The summed E-state index contributed by atoms with van der Waals surface area (Å²) in [6, 6.07) is 0. The van der Waals surface area contributed by atoms with E-state index in [1.165, 1.54) is 0 Å². The maximum absolute atomic E-state index is 14.0. The van der Waals surface area contributed by atoms with Crippen molar-refractivity contribution in [3.8, 4) is 0 Å². The van der Waals surface area contributed by atoms with E-state index in [4.69, 9.17) is 48.4 Å². The first-order valence-electron chi connectivity index (χ1n) is 19.7. The quantitative estimate of drug-likeness (QED) is 0.415. The van der Waals surface area contributed by atoms with Gasteiger partial charge in [0.1, 0.15) is 42.4 Å². The Balaban J connectivity index is 1.000. The maximum Gasteiger partial charge on any atom is 0.172 e. The van der Waals surface area contributed by atoms with Crippen LogP contribution in [-0.4, -0.2) is 128 Å². The highest BCUT2D eigenvalue weighted by atomic mass is 16.8. The van der Waals surface area contributed by atoms with Gasteiger partial charge in [-0.25, -0.2) is 0 Å². The fourth-order valence-electron chi connectivity index (χ4n) is 11.1. The van der Waals surface area contributed by atoms with Gasteiger partial charge in [-0.05, 0) is 62.0 Å². The number of methoxy groups -OCH3 is 1. The average Bonchev–Trinajstić information content (AvgIpc) is 3.79. The van der Waals surface area contributed by atoms with Crippen molar-refractivity contribution in [3.05, 3.63) is 24.3 Å². The third kappa shape index (κ3) is 6.32. The first-order chi connectivity index (χ1) is 24.6. The molecule has 0 aromatic carbocycles. The van der Waals surface area contributed by atoms with Crippen LogP contribution in [-0.2, 0) is 47.4 Å². The molecule has 284 valence electrons. The zero-order valence-corrected chi connectivity index (χ0v) is 30.1. The molecule has 1 spiro atoms. The minimum atomic E-state index is -0.922. The predicted octanol–water partition coefficient (Wildman–Crippen LogP) is 3.05. The van der Waals surface area contributed by atoms with Crippen molar-refractivity contribution in [1.82, 2.24) is 0 Å². The highest BCUT2D eigenvalue weighted by Gasteiger charge is 2.68. The molecule has 10 rings (SSSR count). The molecule has 10 heterocycles. The second kappa shape index (κ2) is 13.8. The number of rotatable bonds is 3. The summed E-state index contributed by atoms with van der Waals surface area (Å²) >= 11 is 0. The number of carbonyl (C=O) groups excluding carboxylic acids is 1. The van der Waals surface area contributed by atoms with Crippen LogP contribution in [0.1, 0.15) is 84.0 Å². The number of ether oxygens (including phenoxy) is 9. The lowest BCUT2D eigenvalue weighted by atomic mass is 9.81. The summed E-state index contributed by atoms with van der Waals surface area (Å²) in [5.74, 6) is -0.734. The number of ketones is 1. The summed E-state index contributed by atoms with van der Waals surface area (Å²) in [6.07, 6.45) is 3.61. The van der Waals surface area contributed by atoms with Crippen molar-refractivity contribution in [2.75, 3.05) is 13.7 Å². The summed E-state index contributed by atoms with van der Waals surface area (Å²) in [4.78, 5) is 14.0. The number of hydrogen-bond acceptors (Lipinski definition) is 12. The molecule has 12 bridgehead atoms. The van der Waals surface area contributed by atoms with E-state index >= 15 is 0 Å². The van der Waals surface area contributed by atoms with Gasteiger partial charge >= 0.3 is 0 Å². The monoisotopic (exact) mass is 715 g/mol. The molecule has 0 aromatic heterocycles. The molecule has 3 N–H and O–H groups in total. The van der Waals surface area contributed by atoms with Crippen LogP contribution in [0.3, 0.4) is 0 Å². The number of aliphatic hydroxyl groups excluding tert-OH is 1. The smallest absolute Gasteiger partial charge is 0.172 e. The molecule has 10 saturated heterocycles. The van der Waals surface area contributed by atoms with Gasteiger partial charge in [-0.2, -0.15) is 0 Å². The van der Waals surface area contributed by atoms with Gasteiger partial charge in [-0.1, -0.05) is 20.1 Å². The number of aliphatic hydroxyl groups is 1. The number of nitrogens with two attached hydrogens (primary N) is 1. The Labute approximate surface area is 300 Å². The molecule has 0 amide bonds. The standard InChI is InChI=1S/C39H57NO11/c1-18-11-22-5-7-27-19(2)12-24(44-27)9-10-39-16-31-35(50-39)36-37(49-31)38(51-39)34-28(47-36)8-6-23(46-34)13-21(41)14-25-30(15-29(45-22)20(18)3)48-33(26(42)17-40)32(25)43-4/h18,22-38,42H,2-3,5-17,40H2,1,4H3/t18-,22+,23-,24+,25-,26+,27+,28+,29-,30+,31-,32-,33-,34+,35-,36-,37+,38-,39+/m1/s1. The Morgan fingerprint density at radius 2 is 1.55 bits per heavy atom. The Morgan fingerprint density at radius 1 is 0.804 bits per heavy atom. The van der Waals surface area contributed by atoms with Crippen LogP contribution < -0.4 is 5.73 Å². The number of carbonyl (C=O) groups is 1. The molecule has 10 aliphatic heterocycles. The summed E-state index contributed by atoms with van der Waals surface area (Å²) in [5, 5.41) is 10.9. The molecule has 0 aromatic rings. The Bertz CT molecular complexity index is 1360. The van der Waals surface area contributed by atoms with E-state index in [0.29, 0.717) is 25.7 Å². The van der Waals surface area contributed by atoms with Crippen LogP contribution >= 0.6 is 0 Å². The summed E-state index contributed by atoms with van der Waals surface area (Å²) in [7, 11) is 1.61. The Hall–Kier alpha value is -1.29. The number of fused-ring (bicyclic) bond motifs is 6. The van der Waals surface area contributed by atoms with Gasteiger partial charge in [-0.3, -0.25) is 4.79 Å². The van der Waals surface area contributed by atoms with Crippen LogP contribution in [0.5, 0.6) is 0 Å². The van der Waals surface area contributed by atoms with E-state index in [0.717, 1.165) is 49.7 Å². The van der Waals surface area contributed by atoms with Crippen molar-refractivity contribution in [3.63, 3.8) is 0 Å². The molecule has 0 radical (unpaired) electrons. The first-order valence-corrected chi connectivity index (χ1v) is 19.7. The minimum Gasteiger partial charge on any atom is -0.389 e. The summed E-state index contributed by atoms with van der Waals surface area (Å²) in [6.45, 7) is 11.1. The summed E-state index contributed by atoms with van der Waals surface area (Å²) in [5.41, 5.74) is 8.09. The maximum atomic E-state index is 14.0. The van der Waals surface area contributed by atoms with Gasteiger partial charge in [0.15, 0.2) is 5.79 Å². The molecule has 51 heavy (non-hydrogen) atoms. The largest absolute Gasteiger partial charge is 0.389 e. The summed E-state index contributed by atoms with van der Waals surface area (Å²) < 4.78 is 59.7. The SMILES string of the molecule is C=C1C[C@@H]2CC[C@@]34C[C@H]5O[C@@H]6[C@H](O3)[C@H]3O[C@H](CC[C@@H]3O[C@@H]6[C@@H]5O4)CC(=O)C[C@H]3[C@@H](OC)[C@@H]([C@@H](O)CN)O[C@H]3C[C@H]3O[C@@H](CC[C@@H]1O2)C[C@@H](C)C3=C. The average molecular weight is 716 g/mol. The van der Waals surface area contributed by atoms with Gasteiger partial charge in [0.05, 0.1) is 61.0 Å². The molecule has 12 nitrogen and oxygen atoms in total. The van der Waals surface area contributed by atoms with Crippen molar-refractivity contribution < 1.29 is 52.5 Å². The third-order valence-electron chi connectivity index (χ3n) is 13.8. The molecular formula is C39H57NO11. The fraction of sp³-hybridized carbons (Fsp3) is 0.872. The molecule has 0 unspecified atom stereocenters. The van der Waals surface area contributed by atoms with E-state index in [1.54, 1.807) is 7.11 Å². The lowest BCUT2D eigenvalue weighted by molar-refractivity contribution is -0.292. The van der Waals surface area contributed by atoms with Gasteiger partial charge in [0.25, 0.3) is 0 Å². The molecule has 12 heteroatoms. The van der Waals surface area contributed by atoms with E-state index in [-0.39, 0.29) is 116 Å². The van der Waals surface area contributed by atoms with Crippen molar-refractivity contribution in [2.24, 2.45) is 17.6 Å². The van der Waals surface area contributed by atoms with Gasteiger partial charge in [0.2, 0.25) is 0 Å². The molecule has 10 aliphatic rings. The second-order valence-electron chi connectivity index (χ2n) is 17.0. The zero-order valence-electron chi connectivity index (χ0n) is 30.1. The third-order valence-corrected chi connectivity index (χ3v) is 13.8. The van der Waals surface area contributed by atoms with E-state index < -0.39 is 24.1 Å². The normalized spacial score (nSPS) is 53.2. The van der Waals surface area contributed by atoms with Crippen LogP contribution in [0.15, 0.2) is 24.3 Å². The van der Waals surface area contributed by atoms with E-state index in [2.05, 4.69) is 20.1 Å². The van der Waals surface area contributed by atoms with Crippen LogP contribution in [0.4, 0.5) is 0 Å². The van der Waals surface area contributed by atoms with Crippen molar-refractivity contribution in [2.45, 2.75) is 187 Å². The highest BCUT2D eigenvalue weighted by molar-refractivity contribution is 5.79. The fourth-order valence-corrected chi connectivity index (χ4v) is 11.1. The second-order valence-corrected chi connectivity index (χ2v) is 17.0. The van der Waals surface area contributed by atoms with Gasteiger partial charge in [0, 0.05) is 51.7 Å². The number of Topliss-reactive ketones (excluding diaryl/α,β-unsaturated/α-hetero) is 1. The molecule has 19 atom stereocenters. The molecular weight excluding hydrogens is 658 g/mol. The van der Waals surface area contributed by atoms with Gasteiger partial charge in [-0.15, -0.1) is 0 Å². The van der Waals surface area contributed by atoms with Crippen molar-refractivity contribution in [1.29, 1.82) is 0 Å². The molecule has 0 saturated carbocycles. The predicted molar refractivity (Wildman–Crippen MR) is 182 cm³/mol. The first kappa shape index (κ1) is 35.4. The molecule has 0 aliphatic carbocycles. The molecule has 10 fully saturated rings. The van der Waals surface area contributed by atoms with Crippen LogP contribution in [0, 0.1) is 11.8 Å². The van der Waals surface area contributed by atoms with Crippen LogP contribution in [0.25, 0.3) is 0 Å². The lowest BCUT2D eigenvalue weighted by Crippen LogP contribution is -2.61. The van der Waals surface area contributed by atoms with E-state index in [9.17, 15) is 9.90 Å². The topological polar surface area (TPSA) is 146 Å². The Morgan fingerprint density at radius 3 is 2.37 bits per heavy atom. The number of hydrogen-bond donors (Lipinski definition) is 2. The highest BCUT2D eigenvalue weighted by Crippen LogP contribution is 2.54. The van der Waals surface area contributed by atoms with E-state index in [1.807, 2.05) is 0 Å².